The summed E-state index contributed by atoms with van der Waals surface area (Å²) in [6.45, 7) is 9.66. The lowest BCUT2D eigenvalue weighted by Crippen LogP contribution is -2.33. The minimum Gasteiger partial charge on any atom is -0.491 e. The van der Waals surface area contributed by atoms with E-state index >= 15 is 0 Å². The number of fused-ring (bicyclic) bond motifs is 1. The molecule has 182 valence electrons. The van der Waals surface area contributed by atoms with Crippen LogP contribution in [0.1, 0.15) is 69.8 Å². The van der Waals surface area contributed by atoms with Gasteiger partial charge >= 0.3 is 0 Å². The minimum absolute atomic E-state index is 0.0152. The Hall–Kier alpha value is -2.67. The maximum Gasteiger partial charge on any atom is 0.241 e. The molecule has 0 unspecified atom stereocenters. The summed E-state index contributed by atoms with van der Waals surface area (Å²) in [5.41, 5.74) is 1.76. The van der Waals surface area contributed by atoms with Gasteiger partial charge in [-0.05, 0) is 81.8 Å². The van der Waals surface area contributed by atoms with Gasteiger partial charge in [0, 0.05) is 18.1 Å². The second-order valence-electron chi connectivity index (χ2n) is 10.7. The molecule has 2 aromatic rings. The van der Waals surface area contributed by atoms with E-state index in [0.717, 1.165) is 16.9 Å². The predicted octanol–water partition coefficient (Wildman–Crippen LogP) is 5.22. The number of hydrogen-bond acceptors (Lipinski definition) is 5. The highest BCUT2D eigenvalue weighted by atomic mass is 32.2. The van der Waals surface area contributed by atoms with Gasteiger partial charge in [-0.25, -0.2) is 8.42 Å². The maximum absolute atomic E-state index is 13.5. The average molecular weight is 484 g/mol. The van der Waals surface area contributed by atoms with E-state index in [-0.39, 0.29) is 34.7 Å². The van der Waals surface area contributed by atoms with Crippen LogP contribution in [0.3, 0.4) is 0 Å². The molecule has 0 aromatic heterocycles. The van der Waals surface area contributed by atoms with Crippen LogP contribution in [0.25, 0.3) is 0 Å². The summed E-state index contributed by atoms with van der Waals surface area (Å²) < 4.78 is 29.4. The number of sulfone groups is 1. The first-order valence-electron chi connectivity index (χ1n) is 11.8. The highest BCUT2D eigenvalue weighted by Crippen LogP contribution is 2.46. The smallest absolute Gasteiger partial charge is 0.241 e. The molecular weight excluding hydrogens is 450 g/mol. The molecule has 2 aliphatic heterocycles. The second kappa shape index (κ2) is 8.52. The largest absolute Gasteiger partial charge is 0.491 e. The Morgan fingerprint density at radius 1 is 1.06 bits per heavy atom. The molecule has 0 spiro atoms. The average Bonchev–Trinajstić information content (AvgIpc) is 2.95. The van der Waals surface area contributed by atoms with Crippen molar-refractivity contribution in [3.05, 3.63) is 53.6 Å². The summed E-state index contributed by atoms with van der Waals surface area (Å²) in [5.74, 6) is 0.895. The number of benzene rings is 2. The van der Waals surface area contributed by atoms with Gasteiger partial charge in [0.2, 0.25) is 5.91 Å². The van der Waals surface area contributed by atoms with Gasteiger partial charge in [-0.1, -0.05) is 13.0 Å². The van der Waals surface area contributed by atoms with Crippen molar-refractivity contribution in [2.75, 3.05) is 16.4 Å². The van der Waals surface area contributed by atoms with Gasteiger partial charge < -0.3 is 4.74 Å². The van der Waals surface area contributed by atoms with E-state index in [0.29, 0.717) is 30.6 Å². The van der Waals surface area contributed by atoms with Crippen molar-refractivity contribution in [1.29, 1.82) is 0 Å². The van der Waals surface area contributed by atoms with Crippen molar-refractivity contribution in [3.63, 3.8) is 0 Å². The molecule has 2 heterocycles. The highest BCUT2D eigenvalue weighted by molar-refractivity contribution is 7.91. The first-order valence-corrected chi connectivity index (χ1v) is 13.6. The first kappa shape index (κ1) is 24.5. The van der Waals surface area contributed by atoms with E-state index in [9.17, 15) is 18.0 Å². The monoisotopic (exact) mass is 483 g/mol. The molecule has 1 saturated heterocycles. The molecular formula is C27H33NO5S. The number of anilines is 2. The summed E-state index contributed by atoms with van der Waals surface area (Å²) in [7, 11) is -2.99. The van der Waals surface area contributed by atoms with Crippen molar-refractivity contribution in [2.45, 2.75) is 65.4 Å². The lowest BCUT2D eigenvalue weighted by molar-refractivity contribution is -0.121. The normalized spacial score (nSPS) is 20.3. The van der Waals surface area contributed by atoms with Crippen molar-refractivity contribution in [1.82, 2.24) is 0 Å². The predicted molar refractivity (Wildman–Crippen MR) is 134 cm³/mol. The Morgan fingerprint density at radius 3 is 2.38 bits per heavy atom. The van der Waals surface area contributed by atoms with E-state index in [1.54, 1.807) is 11.0 Å². The van der Waals surface area contributed by atoms with Gasteiger partial charge in [0.05, 0.1) is 34.4 Å². The zero-order valence-corrected chi connectivity index (χ0v) is 21.4. The minimum atomic E-state index is -2.99. The number of ketones is 1. The van der Waals surface area contributed by atoms with E-state index in [1.807, 2.05) is 71.0 Å². The molecule has 2 aromatic carbocycles. The molecule has 0 atom stereocenters. The number of hydrogen-bond donors (Lipinski definition) is 0. The van der Waals surface area contributed by atoms with Gasteiger partial charge in [-0.3, -0.25) is 14.5 Å². The quantitative estimate of drug-likeness (QED) is 0.527. The first-order chi connectivity index (χ1) is 15.8. The molecule has 1 fully saturated rings. The van der Waals surface area contributed by atoms with E-state index in [2.05, 4.69) is 0 Å². The molecule has 0 radical (unpaired) electrons. The van der Waals surface area contributed by atoms with Crippen LogP contribution in [0.15, 0.2) is 42.5 Å². The molecule has 0 aliphatic carbocycles. The third kappa shape index (κ3) is 4.63. The van der Waals surface area contributed by atoms with Crippen molar-refractivity contribution >= 4 is 32.9 Å². The van der Waals surface area contributed by atoms with Crippen LogP contribution in [-0.2, 0) is 20.0 Å². The lowest BCUT2D eigenvalue weighted by Gasteiger charge is -2.32. The molecule has 0 bridgehead atoms. The van der Waals surface area contributed by atoms with Crippen molar-refractivity contribution in [3.8, 4) is 5.75 Å². The molecule has 7 heteroatoms. The lowest BCUT2D eigenvalue weighted by atomic mass is 9.78. The molecule has 6 nitrogen and oxygen atoms in total. The van der Waals surface area contributed by atoms with Crippen LogP contribution in [0.2, 0.25) is 0 Å². The standard InChI is InChI=1S/C27H33NO5S/c1-18(2)33-21-8-6-7-20(16-21)28-23-10-9-19(15-22(23)26(3,4)25(28)30)24(29)17-27(5)11-13-34(31,32)14-12-27/h6-10,15-16,18H,11-14,17H2,1-5H3. The molecule has 2 aliphatic rings. The van der Waals surface area contributed by atoms with Gasteiger partial charge in [-0.2, -0.15) is 0 Å². The summed E-state index contributed by atoms with van der Waals surface area (Å²) >= 11 is 0. The third-order valence-electron chi connectivity index (χ3n) is 7.04. The number of ether oxygens (including phenoxy) is 1. The zero-order chi connectivity index (χ0) is 24.9. The highest BCUT2D eigenvalue weighted by Gasteiger charge is 2.45. The summed E-state index contributed by atoms with van der Waals surface area (Å²) in [6, 6.07) is 12.9. The number of Topliss-reactive ketones (excluding diaryl/α,β-unsaturated/α-hetero) is 1. The Labute approximate surface area is 202 Å². The second-order valence-corrected chi connectivity index (χ2v) is 13.0. The number of carbonyl (C=O) groups excluding carboxylic acids is 2. The Morgan fingerprint density at radius 2 is 1.74 bits per heavy atom. The number of amides is 1. The van der Waals surface area contributed by atoms with Crippen molar-refractivity contribution in [2.24, 2.45) is 5.41 Å². The van der Waals surface area contributed by atoms with Gasteiger partial charge in [-0.15, -0.1) is 0 Å². The fourth-order valence-electron chi connectivity index (χ4n) is 4.83. The Bertz CT molecular complexity index is 1230. The molecule has 4 rings (SSSR count). The Kier molecular flexibility index (Phi) is 6.13. The van der Waals surface area contributed by atoms with Crippen LogP contribution in [0.5, 0.6) is 5.75 Å². The number of carbonyl (C=O) groups is 2. The molecule has 34 heavy (non-hydrogen) atoms. The van der Waals surface area contributed by atoms with Crippen LogP contribution in [0, 0.1) is 5.41 Å². The van der Waals surface area contributed by atoms with Crippen molar-refractivity contribution < 1.29 is 22.7 Å². The molecule has 0 saturated carbocycles. The van der Waals surface area contributed by atoms with E-state index in [4.69, 9.17) is 4.74 Å². The maximum atomic E-state index is 13.5. The topological polar surface area (TPSA) is 80.8 Å². The summed E-state index contributed by atoms with van der Waals surface area (Å²) in [6.07, 6.45) is 1.32. The summed E-state index contributed by atoms with van der Waals surface area (Å²) in [5, 5.41) is 0. The SMILES string of the molecule is CC(C)Oc1cccc(N2C(=O)C(C)(C)c3cc(C(=O)CC4(C)CCS(=O)(=O)CC4)ccc32)c1. The van der Waals surface area contributed by atoms with Crippen LogP contribution < -0.4 is 9.64 Å². The number of nitrogens with zero attached hydrogens (tertiary/aromatic N) is 1. The van der Waals surface area contributed by atoms with Crippen LogP contribution in [0.4, 0.5) is 11.4 Å². The summed E-state index contributed by atoms with van der Waals surface area (Å²) in [4.78, 5) is 28.4. The molecule has 1 amide bonds. The van der Waals surface area contributed by atoms with Crippen LogP contribution >= 0.6 is 0 Å². The number of rotatable bonds is 6. The van der Waals surface area contributed by atoms with Gasteiger partial charge in [0.1, 0.15) is 15.6 Å². The zero-order valence-electron chi connectivity index (χ0n) is 20.6. The Balaban J connectivity index is 1.63. The third-order valence-corrected chi connectivity index (χ3v) is 8.69. The van der Waals surface area contributed by atoms with E-state index in [1.165, 1.54) is 0 Å². The van der Waals surface area contributed by atoms with Gasteiger partial charge in [0.25, 0.3) is 0 Å². The van der Waals surface area contributed by atoms with E-state index < -0.39 is 15.3 Å². The van der Waals surface area contributed by atoms with Gasteiger partial charge in [0.15, 0.2) is 5.78 Å². The van der Waals surface area contributed by atoms with Crippen LogP contribution in [-0.4, -0.2) is 37.7 Å². The fourth-order valence-corrected chi connectivity index (χ4v) is 6.64. The molecule has 0 N–H and O–H groups in total. The fraction of sp³-hybridized carbons (Fsp3) is 0.481.